The highest BCUT2D eigenvalue weighted by Gasteiger charge is 2.23. The van der Waals surface area contributed by atoms with Gasteiger partial charge in [0.2, 0.25) is 11.8 Å². The molecular formula is C21H40F2N8O4. The van der Waals surface area contributed by atoms with Gasteiger partial charge in [0.05, 0.1) is 12.1 Å². The van der Waals surface area contributed by atoms with Gasteiger partial charge in [-0.15, -0.1) is 0 Å². The van der Waals surface area contributed by atoms with Crippen molar-refractivity contribution >= 4 is 29.5 Å². The van der Waals surface area contributed by atoms with Gasteiger partial charge in [0, 0.05) is 19.6 Å². The first-order chi connectivity index (χ1) is 16.6. The number of nitrogens with zero attached hydrogens (tertiary/aromatic N) is 2. The van der Waals surface area contributed by atoms with Gasteiger partial charge in [-0.1, -0.05) is 0 Å². The molecule has 2 amide bonds. The summed E-state index contributed by atoms with van der Waals surface area (Å²) in [6.45, 7) is -0.735. The molecule has 0 bridgehead atoms. The quantitative estimate of drug-likeness (QED) is 0.0620. The van der Waals surface area contributed by atoms with Crippen LogP contribution in [0.1, 0.15) is 51.4 Å². The van der Waals surface area contributed by atoms with Gasteiger partial charge >= 0.3 is 5.97 Å². The number of hydrogen-bond acceptors (Lipinski definition) is 7. The molecule has 0 aliphatic carbocycles. The Bertz CT molecular complexity index is 709. The molecule has 14 heteroatoms. The zero-order valence-electron chi connectivity index (χ0n) is 20.1. The normalized spacial score (nSPS) is 14.7. The smallest absolute Gasteiger partial charge is 0.326 e. The number of nitrogens with one attached hydrogen (secondary N) is 2. The first-order valence-electron chi connectivity index (χ1n) is 11.6. The Morgan fingerprint density at radius 3 is 1.71 bits per heavy atom. The van der Waals surface area contributed by atoms with Gasteiger partial charge in [-0.2, -0.15) is 0 Å². The van der Waals surface area contributed by atoms with Crippen molar-refractivity contribution in [1.82, 2.24) is 10.6 Å². The van der Waals surface area contributed by atoms with Crippen LogP contribution in [-0.4, -0.2) is 85.7 Å². The number of carbonyl (C=O) groups is 3. The number of alkyl halides is 2. The molecule has 3 unspecified atom stereocenters. The van der Waals surface area contributed by atoms with E-state index in [1.807, 2.05) is 0 Å². The topological polar surface area (TPSA) is 224 Å². The molecule has 202 valence electrons. The lowest BCUT2D eigenvalue weighted by Gasteiger charge is -2.18. The highest BCUT2D eigenvalue weighted by molar-refractivity contribution is 5.86. The summed E-state index contributed by atoms with van der Waals surface area (Å²) in [5.74, 6) is -2.31. The maximum atomic E-state index is 12.2. The van der Waals surface area contributed by atoms with E-state index in [4.69, 9.17) is 22.9 Å². The fourth-order valence-corrected chi connectivity index (χ4v) is 2.93. The van der Waals surface area contributed by atoms with Crippen LogP contribution in [0.5, 0.6) is 0 Å². The Morgan fingerprint density at radius 2 is 1.26 bits per heavy atom. The number of hydrogen-bond donors (Lipinski definition) is 7. The second-order valence-corrected chi connectivity index (χ2v) is 8.05. The van der Waals surface area contributed by atoms with Crippen LogP contribution in [0.15, 0.2) is 9.98 Å². The Hall–Kier alpha value is -2.87. The highest BCUT2D eigenvalue weighted by atomic mass is 19.1. The molecule has 0 rings (SSSR count). The Kier molecular flexibility index (Phi) is 17.8. The van der Waals surface area contributed by atoms with Crippen molar-refractivity contribution in [2.75, 3.05) is 33.0 Å². The van der Waals surface area contributed by atoms with Crippen LogP contribution in [0.4, 0.5) is 8.78 Å². The van der Waals surface area contributed by atoms with Crippen LogP contribution in [0.2, 0.25) is 0 Å². The van der Waals surface area contributed by atoms with Gasteiger partial charge in [0.1, 0.15) is 31.1 Å². The van der Waals surface area contributed by atoms with Gasteiger partial charge in [-0.3, -0.25) is 19.6 Å². The molecule has 12 nitrogen and oxygen atoms in total. The number of amides is 2. The molecule has 11 N–H and O–H groups in total. The fourth-order valence-electron chi connectivity index (χ4n) is 2.93. The first kappa shape index (κ1) is 32.1. The van der Waals surface area contributed by atoms with Crippen molar-refractivity contribution in [3.05, 3.63) is 0 Å². The lowest BCUT2D eigenvalue weighted by molar-refractivity contribution is -0.142. The SMILES string of the molecule is NC(CF)=NCCCCC(N)C(=O)NCCCC(NC(=O)C(N)CCCCN=C(N)CF)C(=O)O. The van der Waals surface area contributed by atoms with Crippen LogP contribution in [0.3, 0.4) is 0 Å². The number of carboxylic acids is 1. The summed E-state index contributed by atoms with van der Waals surface area (Å²) >= 11 is 0. The third-order valence-electron chi connectivity index (χ3n) is 5.01. The average molecular weight is 507 g/mol. The number of aliphatic imine (C=N–C) groups is 2. The standard InChI is InChI=1S/C21H40F2N8O4/c22-12-17(26)28-9-3-1-6-14(24)19(32)30-11-5-8-16(21(34)35)31-20(33)15(25)7-2-4-10-29-18(27)13-23/h14-16H,1-13,24-25H2,(H2,26,28)(H2,27,29)(H,30,32)(H,31,33)(H,34,35). The van der Waals surface area contributed by atoms with Gasteiger partial charge in [0.15, 0.2) is 0 Å². The average Bonchev–Trinajstić information content (AvgIpc) is 2.83. The number of aliphatic carboxylic acids is 1. The lowest BCUT2D eigenvalue weighted by atomic mass is 10.1. The summed E-state index contributed by atoms with van der Waals surface area (Å²) in [4.78, 5) is 43.3. The molecule has 35 heavy (non-hydrogen) atoms. The van der Waals surface area contributed by atoms with Gasteiger partial charge in [0.25, 0.3) is 0 Å². The number of rotatable bonds is 20. The molecule has 0 aromatic heterocycles. The summed E-state index contributed by atoms with van der Waals surface area (Å²) in [6.07, 6.45) is 3.46. The minimum Gasteiger partial charge on any atom is -0.480 e. The van der Waals surface area contributed by atoms with Crippen molar-refractivity contribution in [2.45, 2.75) is 69.5 Å². The lowest BCUT2D eigenvalue weighted by Crippen LogP contribution is -2.48. The monoisotopic (exact) mass is 506 g/mol. The number of amidine groups is 2. The number of carboxylic acid groups (broad SMARTS) is 1. The van der Waals surface area contributed by atoms with Crippen molar-refractivity contribution in [3.8, 4) is 0 Å². The van der Waals surface area contributed by atoms with Crippen LogP contribution in [0, 0.1) is 0 Å². The Balaban J connectivity index is 4.19. The van der Waals surface area contributed by atoms with Crippen molar-refractivity contribution < 1.29 is 28.3 Å². The van der Waals surface area contributed by atoms with Gasteiger partial charge < -0.3 is 38.7 Å². The second kappa shape index (κ2) is 19.4. The van der Waals surface area contributed by atoms with E-state index < -0.39 is 43.4 Å². The van der Waals surface area contributed by atoms with Crippen LogP contribution < -0.4 is 33.6 Å². The molecule has 0 radical (unpaired) electrons. The molecule has 0 saturated carbocycles. The van der Waals surface area contributed by atoms with E-state index in [2.05, 4.69) is 20.6 Å². The van der Waals surface area contributed by atoms with E-state index in [9.17, 15) is 28.3 Å². The molecular weight excluding hydrogens is 466 g/mol. The highest BCUT2D eigenvalue weighted by Crippen LogP contribution is 2.04. The predicted molar refractivity (Wildman–Crippen MR) is 130 cm³/mol. The zero-order chi connectivity index (χ0) is 26.6. The molecule has 0 saturated heterocycles. The fraction of sp³-hybridized carbons (Fsp3) is 0.762. The summed E-state index contributed by atoms with van der Waals surface area (Å²) in [7, 11) is 0. The van der Waals surface area contributed by atoms with Crippen molar-refractivity contribution in [1.29, 1.82) is 0 Å². The molecule has 0 aromatic rings. The minimum atomic E-state index is -1.21. The second-order valence-electron chi connectivity index (χ2n) is 8.05. The van der Waals surface area contributed by atoms with Gasteiger partial charge in [-0.05, 0) is 51.4 Å². The van der Waals surface area contributed by atoms with E-state index >= 15 is 0 Å². The van der Waals surface area contributed by atoms with Crippen LogP contribution >= 0.6 is 0 Å². The van der Waals surface area contributed by atoms with Crippen LogP contribution in [-0.2, 0) is 14.4 Å². The van der Waals surface area contributed by atoms with E-state index in [0.717, 1.165) is 0 Å². The van der Waals surface area contributed by atoms with E-state index in [0.29, 0.717) is 58.0 Å². The van der Waals surface area contributed by atoms with Crippen molar-refractivity contribution in [3.63, 3.8) is 0 Å². The molecule has 0 spiro atoms. The maximum absolute atomic E-state index is 12.2. The maximum Gasteiger partial charge on any atom is 0.326 e. The van der Waals surface area contributed by atoms with E-state index in [-0.39, 0.29) is 30.5 Å². The largest absolute Gasteiger partial charge is 0.480 e. The first-order valence-corrected chi connectivity index (χ1v) is 11.6. The molecule has 0 aliphatic heterocycles. The number of nitrogens with two attached hydrogens (primary N) is 4. The predicted octanol–water partition coefficient (Wildman–Crippen LogP) is -0.899. The number of halogens is 2. The molecule has 3 atom stereocenters. The minimum absolute atomic E-state index is 0.0624. The summed E-state index contributed by atoms with van der Waals surface area (Å²) in [5, 5.41) is 14.4. The van der Waals surface area contributed by atoms with E-state index in [1.54, 1.807) is 0 Å². The Labute approximate surface area is 204 Å². The molecule has 0 aliphatic rings. The van der Waals surface area contributed by atoms with Gasteiger partial charge in [-0.25, -0.2) is 13.6 Å². The number of carbonyl (C=O) groups excluding carboxylic acids is 2. The van der Waals surface area contributed by atoms with Crippen molar-refractivity contribution in [2.24, 2.45) is 32.9 Å². The molecule has 0 heterocycles. The summed E-state index contributed by atoms with van der Waals surface area (Å²) < 4.78 is 24.3. The summed E-state index contributed by atoms with van der Waals surface area (Å²) in [5.41, 5.74) is 22.2. The van der Waals surface area contributed by atoms with Crippen LogP contribution in [0.25, 0.3) is 0 Å². The third kappa shape index (κ3) is 16.4. The zero-order valence-corrected chi connectivity index (χ0v) is 20.1. The summed E-state index contributed by atoms with van der Waals surface area (Å²) in [6, 6.07) is -2.77. The molecule has 0 aromatic carbocycles. The Morgan fingerprint density at radius 1 is 0.771 bits per heavy atom. The third-order valence-corrected chi connectivity index (χ3v) is 5.01. The number of unbranched alkanes of at least 4 members (excludes halogenated alkanes) is 2. The molecule has 0 fully saturated rings. The van der Waals surface area contributed by atoms with E-state index in [1.165, 1.54) is 0 Å².